The Morgan fingerprint density at radius 2 is 2.21 bits per heavy atom. The van der Waals surface area contributed by atoms with E-state index in [-0.39, 0.29) is 11.9 Å². The number of benzene rings is 1. The van der Waals surface area contributed by atoms with E-state index < -0.39 is 0 Å². The number of ether oxygens (including phenoxy) is 1. The lowest BCUT2D eigenvalue weighted by molar-refractivity contribution is 0.0937. The minimum absolute atomic E-state index is 0.150. The van der Waals surface area contributed by atoms with Crippen molar-refractivity contribution in [2.24, 2.45) is 0 Å². The Kier molecular flexibility index (Phi) is 6.56. The number of nitrogens with one attached hydrogen (secondary N) is 1. The Hall–Kier alpha value is -1.36. The second-order valence-corrected chi connectivity index (χ2v) is 5.10. The van der Waals surface area contributed by atoms with Gasteiger partial charge in [-0.1, -0.05) is 13.0 Å². The molecule has 1 amide bonds. The maximum absolute atomic E-state index is 12.3. The van der Waals surface area contributed by atoms with Crippen LogP contribution in [-0.2, 0) is 0 Å². The summed E-state index contributed by atoms with van der Waals surface area (Å²) in [6, 6.07) is 5.42. The van der Waals surface area contributed by atoms with Crippen molar-refractivity contribution in [1.29, 1.82) is 0 Å². The van der Waals surface area contributed by atoms with Gasteiger partial charge in [0, 0.05) is 17.5 Å². The summed E-state index contributed by atoms with van der Waals surface area (Å²) in [6.07, 6.45) is 2.92. The number of thioether (sulfide) groups is 1. The van der Waals surface area contributed by atoms with Crippen LogP contribution in [0.1, 0.15) is 30.6 Å². The molecule has 1 unspecified atom stereocenters. The van der Waals surface area contributed by atoms with Gasteiger partial charge in [0.2, 0.25) is 0 Å². The average molecular weight is 282 g/mol. The molecule has 0 aromatic heterocycles. The summed E-state index contributed by atoms with van der Waals surface area (Å²) >= 11 is 1.71. The quantitative estimate of drug-likeness (QED) is 0.754. The molecule has 0 fully saturated rings. The van der Waals surface area contributed by atoms with Crippen LogP contribution in [0.4, 0.5) is 5.69 Å². The van der Waals surface area contributed by atoms with Crippen molar-refractivity contribution in [3.63, 3.8) is 0 Å². The van der Waals surface area contributed by atoms with Gasteiger partial charge in [0.15, 0.2) is 0 Å². The zero-order chi connectivity index (χ0) is 14.3. The van der Waals surface area contributed by atoms with E-state index in [0.29, 0.717) is 23.6 Å². The standard InChI is InChI=1S/C14H22N2O2S/c1-4-10(9-19-3)16-14(17)13-11(15)7-6-8-12(13)18-5-2/h6-8,10H,4-5,9,15H2,1-3H3,(H,16,17). The highest BCUT2D eigenvalue weighted by Gasteiger charge is 2.18. The zero-order valence-electron chi connectivity index (χ0n) is 11.7. The van der Waals surface area contributed by atoms with Crippen molar-refractivity contribution in [1.82, 2.24) is 5.32 Å². The summed E-state index contributed by atoms with van der Waals surface area (Å²) in [5, 5.41) is 3.00. The van der Waals surface area contributed by atoms with Gasteiger partial charge in [0.05, 0.1) is 6.61 Å². The summed E-state index contributed by atoms with van der Waals surface area (Å²) in [7, 11) is 0. The SMILES string of the molecule is CCOc1cccc(N)c1C(=O)NC(CC)CSC. The van der Waals surface area contributed by atoms with Crippen molar-refractivity contribution in [2.45, 2.75) is 26.3 Å². The van der Waals surface area contributed by atoms with Crippen molar-refractivity contribution >= 4 is 23.4 Å². The van der Waals surface area contributed by atoms with Crippen LogP contribution in [0, 0.1) is 0 Å². The van der Waals surface area contributed by atoms with Gasteiger partial charge < -0.3 is 15.8 Å². The number of hydrogen-bond acceptors (Lipinski definition) is 4. The van der Waals surface area contributed by atoms with Crippen LogP contribution in [-0.4, -0.2) is 30.6 Å². The summed E-state index contributed by atoms with van der Waals surface area (Å²) in [4.78, 5) is 12.3. The molecular weight excluding hydrogens is 260 g/mol. The van der Waals surface area contributed by atoms with Gasteiger partial charge in [0.25, 0.3) is 5.91 Å². The van der Waals surface area contributed by atoms with Crippen LogP contribution in [0.25, 0.3) is 0 Å². The minimum Gasteiger partial charge on any atom is -0.493 e. The fourth-order valence-corrected chi connectivity index (χ4v) is 2.51. The highest BCUT2D eigenvalue weighted by molar-refractivity contribution is 7.98. The maximum atomic E-state index is 12.3. The number of anilines is 1. The van der Waals surface area contributed by atoms with E-state index in [2.05, 4.69) is 12.2 Å². The molecule has 0 spiro atoms. The number of amides is 1. The number of carbonyl (C=O) groups is 1. The lowest BCUT2D eigenvalue weighted by atomic mass is 10.1. The zero-order valence-corrected chi connectivity index (χ0v) is 12.5. The van der Waals surface area contributed by atoms with Gasteiger partial charge in [-0.15, -0.1) is 0 Å². The molecule has 0 saturated heterocycles. The van der Waals surface area contributed by atoms with E-state index in [0.717, 1.165) is 12.2 Å². The van der Waals surface area contributed by atoms with Gasteiger partial charge in [-0.25, -0.2) is 0 Å². The second kappa shape index (κ2) is 7.94. The minimum atomic E-state index is -0.164. The molecule has 0 aliphatic heterocycles. The molecule has 0 aliphatic carbocycles. The molecule has 19 heavy (non-hydrogen) atoms. The number of rotatable bonds is 7. The molecule has 1 aromatic rings. The van der Waals surface area contributed by atoms with E-state index in [1.165, 1.54) is 0 Å². The van der Waals surface area contributed by atoms with E-state index in [9.17, 15) is 4.79 Å². The Morgan fingerprint density at radius 1 is 1.47 bits per heavy atom. The monoisotopic (exact) mass is 282 g/mol. The maximum Gasteiger partial charge on any atom is 0.257 e. The molecule has 0 heterocycles. The summed E-state index contributed by atoms with van der Waals surface area (Å²) in [5.74, 6) is 1.26. The molecule has 3 N–H and O–H groups in total. The van der Waals surface area contributed by atoms with Crippen molar-refractivity contribution in [2.75, 3.05) is 24.3 Å². The van der Waals surface area contributed by atoms with Crippen LogP contribution >= 0.6 is 11.8 Å². The van der Waals surface area contributed by atoms with Gasteiger partial charge in [0.1, 0.15) is 11.3 Å². The van der Waals surface area contributed by atoms with Gasteiger partial charge in [-0.05, 0) is 31.7 Å². The fraction of sp³-hybridized carbons (Fsp3) is 0.500. The van der Waals surface area contributed by atoms with Gasteiger partial charge in [-0.2, -0.15) is 11.8 Å². The van der Waals surface area contributed by atoms with E-state index in [4.69, 9.17) is 10.5 Å². The molecule has 5 heteroatoms. The van der Waals surface area contributed by atoms with Crippen LogP contribution in [0.15, 0.2) is 18.2 Å². The van der Waals surface area contributed by atoms with E-state index in [1.54, 1.807) is 30.0 Å². The number of nitrogen functional groups attached to an aromatic ring is 1. The number of hydrogen-bond donors (Lipinski definition) is 2. The molecule has 106 valence electrons. The molecule has 0 bridgehead atoms. The van der Waals surface area contributed by atoms with Gasteiger partial charge >= 0.3 is 0 Å². The Labute approximate surface area is 119 Å². The highest BCUT2D eigenvalue weighted by atomic mass is 32.2. The molecular formula is C14H22N2O2S. The van der Waals surface area contributed by atoms with Crippen LogP contribution in [0.5, 0.6) is 5.75 Å². The second-order valence-electron chi connectivity index (χ2n) is 4.19. The van der Waals surface area contributed by atoms with Crippen molar-refractivity contribution in [3.8, 4) is 5.75 Å². The number of carbonyl (C=O) groups excluding carboxylic acids is 1. The van der Waals surface area contributed by atoms with E-state index in [1.807, 2.05) is 13.2 Å². The largest absolute Gasteiger partial charge is 0.493 e. The third-order valence-corrected chi connectivity index (χ3v) is 3.52. The smallest absolute Gasteiger partial charge is 0.257 e. The predicted molar refractivity (Wildman–Crippen MR) is 82.0 cm³/mol. The van der Waals surface area contributed by atoms with Crippen LogP contribution in [0.2, 0.25) is 0 Å². The Morgan fingerprint density at radius 3 is 2.79 bits per heavy atom. The average Bonchev–Trinajstić information content (AvgIpc) is 2.38. The van der Waals surface area contributed by atoms with Crippen molar-refractivity contribution < 1.29 is 9.53 Å². The molecule has 0 aliphatic rings. The normalized spacial score (nSPS) is 11.9. The van der Waals surface area contributed by atoms with Crippen LogP contribution in [0.3, 0.4) is 0 Å². The first-order chi connectivity index (χ1) is 9.13. The van der Waals surface area contributed by atoms with Gasteiger partial charge in [-0.3, -0.25) is 4.79 Å². The Balaban J connectivity index is 2.91. The Bertz CT molecular complexity index is 424. The first-order valence-corrected chi connectivity index (χ1v) is 7.84. The molecule has 0 radical (unpaired) electrons. The third kappa shape index (κ3) is 4.35. The van der Waals surface area contributed by atoms with E-state index >= 15 is 0 Å². The number of nitrogens with two attached hydrogens (primary N) is 1. The summed E-state index contributed by atoms with van der Waals surface area (Å²) in [6.45, 7) is 4.44. The lowest BCUT2D eigenvalue weighted by Gasteiger charge is -2.18. The molecule has 4 nitrogen and oxygen atoms in total. The summed E-state index contributed by atoms with van der Waals surface area (Å²) < 4.78 is 5.47. The first-order valence-electron chi connectivity index (χ1n) is 6.45. The lowest BCUT2D eigenvalue weighted by Crippen LogP contribution is -2.36. The molecule has 1 aromatic carbocycles. The topological polar surface area (TPSA) is 64.3 Å². The molecule has 0 saturated carbocycles. The first kappa shape index (κ1) is 15.7. The third-order valence-electron chi connectivity index (χ3n) is 2.78. The predicted octanol–water partition coefficient (Wildman–Crippen LogP) is 2.54. The summed E-state index contributed by atoms with van der Waals surface area (Å²) in [5.41, 5.74) is 6.78. The fourth-order valence-electron chi connectivity index (χ4n) is 1.79. The molecule has 1 atom stereocenters. The van der Waals surface area contributed by atoms with Crippen LogP contribution < -0.4 is 15.8 Å². The highest BCUT2D eigenvalue weighted by Crippen LogP contribution is 2.24. The molecule has 1 rings (SSSR count). The van der Waals surface area contributed by atoms with Crippen molar-refractivity contribution in [3.05, 3.63) is 23.8 Å².